The summed E-state index contributed by atoms with van der Waals surface area (Å²) >= 11 is 1.16. The second-order valence-electron chi connectivity index (χ2n) is 5.02. The number of hydrogen-bond acceptors (Lipinski definition) is 7. The molecule has 0 aromatic carbocycles. The molecular weight excluding hydrogens is 280 g/mol. The van der Waals surface area contributed by atoms with Crippen molar-refractivity contribution in [1.82, 2.24) is 9.69 Å². The minimum atomic E-state index is -0.800. The fourth-order valence-corrected chi connectivity index (χ4v) is 3.08. The molecule has 1 amide bonds. The van der Waals surface area contributed by atoms with Gasteiger partial charge in [0, 0.05) is 46.7 Å². The molecule has 8 heteroatoms. The molecule has 0 radical (unpaired) electrons. The lowest BCUT2D eigenvalue weighted by Crippen LogP contribution is -2.46. The Kier molecular flexibility index (Phi) is 4.46. The molecule has 1 aromatic rings. The number of rotatable bonds is 4. The predicted molar refractivity (Wildman–Crippen MR) is 78.2 cm³/mol. The minimum Gasteiger partial charge on any atom is -0.388 e. The molecule has 112 valence electrons. The van der Waals surface area contributed by atoms with Gasteiger partial charge in [0.2, 0.25) is 0 Å². The van der Waals surface area contributed by atoms with Crippen LogP contribution in [0, 0.1) is 0 Å². The third kappa shape index (κ3) is 3.02. The molecule has 1 aromatic heterocycles. The second-order valence-corrected chi connectivity index (χ2v) is 5.77. The topological polar surface area (TPSA) is 101 Å². The highest BCUT2D eigenvalue weighted by Gasteiger charge is 2.33. The SMILES string of the molecule is CNC(=O)c1c(N)nsc1N(C)CC1(O)CCOCC1. The first kappa shape index (κ1) is 15.0. The van der Waals surface area contributed by atoms with E-state index >= 15 is 0 Å². The van der Waals surface area contributed by atoms with E-state index < -0.39 is 5.60 Å². The van der Waals surface area contributed by atoms with Crippen LogP contribution in [-0.4, -0.2) is 54.8 Å². The van der Waals surface area contributed by atoms with Crippen molar-refractivity contribution < 1.29 is 14.6 Å². The van der Waals surface area contributed by atoms with Crippen molar-refractivity contribution in [2.75, 3.05) is 44.5 Å². The summed E-state index contributed by atoms with van der Waals surface area (Å²) in [4.78, 5) is 13.7. The molecule has 1 saturated heterocycles. The van der Waals surface area contributed by atoms with Crippen LogP contribution in [0.5, 0.6) is 0 Å². The van der Waals surface area contributed by atoms with Crippen molar-refractivity contribution in [3.05, 3.63) is 5.56 Å². The van der Waals surface area contributed by atoms with E-state index in [1.807, 2.05) is 11.9 Å². The first-order valence-corrected chi connectivity index (χ1v) is 7.23. The van der Waals surface area contributed by atoms with Gasteiger partial charge in [0.05, 0.1) is 5.60 Å². The third-order valence-electron chi connectivity index (χ3n) is 3.46. The van der Waals surface area contributed by atoms with E-state index in [4.69, 9.17) is 10.5 Å². The van der Waals surface area contributed by atoms with Gasteiger partial charge in [0.25, 0.3) is 5.91 Å². The van der Waals surface area contributed by atoms with E-state index in [-0.39, 0.29) is 11.7 Å². The monoisotopic (exact) mass is 300 g/mol. The summed E-state index contributed by atoms with van der Waals surface area (Å²) in [6.07, 6.45) is 1.17. The van der Waals surface area contributed by atoms with Gasteiger partial charge in [-0.2, -0.15) is 4.37 Å². The summed E-state index contributed by atoms with van der Waals surface area (Å²) in [7, 11) is 3.38. The largest absolute Gasteiger partial charge is 0.388 e. The number of nitrogen functional groups attached to an aromatic ring is 1. The first-order chi connectivity index (χ1) is 9.47. The molecule has 1 fully saturated rings. The van der Waals surface area contributed by atoms with Gasteiger partial charge in [-0.05, 0) is 11.5 Å². The Morgan fingerprint density at radius 1 is 1.60 bits per heavy atom. The van der Waals surface area contributed by atoms with Gasteiger partial charge >= 0.3 is 0 Å². The molecule has 2 heterocycles. The highest BCUT2D eigenvalue weighted by atomic mass is 32.1. The van der Waals surface area contributed by atoms with E-state index in [0.29, 0.717) is 43.2 Å². The molecule has 0 aliphatic carbocycles. The average molecular weight is 300 g/mol. The molecule has 0 atom stereocenters. The van der Waals surface area contributed by atoms with Gasteiger partial charge in [0.1, 0.15) is 10.6 Å². The fourth-order valence-electron chi connectivity index (χ4n) is 2.32. The number of anilines is 2. The summed E-state index contributed by atoms with van der Waals surface area (Å²) in [6, 6.07) is 0. The maximum atomic E-state index is 11.9. The summed E-state index contributed by atoms with van der Waals surface area (Å²) < 4.78 is 9.30. The molecule has 4 N–H and O–H groups in total. The van der Waals surface area contributed by atoms with Crippen molar-refractivity contribution in [3.8, 4) is 0 Å². The van der Waals surface area contributed by atoms with Crippen molar-refractivity contribution in [1.29, 1.82) is 0 Å². The summed E-state index contributed by atoms with van der Waals surface area (Å²) in [5.41, 5.74) is 5.32. The molecule has 2 rings (SSSR count). The zero-order valence-corrected chi connectivity index (χ0v) is 12.5. The number of amides is 1. The smallest absolute Gasteiger partial charge is 0.257 e. The van der Waals surface area contributed by atoms with Gasteiger partial charge in [0.15, 0.2) is 5.82 Å². The summed E-state index contributed by atoms with van der Waals surface area (Å²) in [6.45, 7) is 1.52. The number of carbonyl (C=O) groups is 1. The number of nitrogens with one attached hydrogen (secondary N) is 1. The Labute approximate surface area is 121 Å². The van der Waals surface area contributed by atoms with Crippen LogP contribution in [0.4, 0.5) is 10.8 Å². The minimum absolute atomic E-state index is 0.218. The molecule has 1 aliphatic rings. The van der Waals surface area contributed by atoms with Crippen LogP contribution in [0.1, 0.15) is 23.2 Å². The molecule has 7 nitrogen and oxygen atoms in total. The van der Waals surface area contributed by atoms with Crippen molar-refractivity contribution in [3.63, 3.8) is 0 Å². The van der Waals surface area contributed by atoms with E-state index in [1.54, 1.807) is 7.05 Å². The Balaban J connectivity index is 2.17. The average Bonchev–Trinajstić information content (AvgIpc) is 2.80. The zero-order chi connectivity index (χ0) is 14.8. The number of aliphatic hydroxyl groups is 1. The van der Waals surface area contributed by atoms with E-state index in [1.165, 1.54) is 0 Å². The van der Waals surface area contributed by atoms with Crippen molar-refractivity contribution in [2.45, 2.75) is 18.4 Å². The number of nitrogens with zero attached hydrogens (tertiary/aromatic N) is 2. The summed E-state index contributed by atoms with van der Waals surface area (Å²) in [5.74, 6) is -0.0489. The number of ether oxygens (including phenoxy) is 1. The number of nitrogens with two attached hydrogens (primary N) is 1. The van der Waals surface area contributed by atoms with Crippen LogP contribution in [-0.2, 0) is 4.74 Å². The molecule has 0 bridgehead atoms. The Morgan fingerprint density at radius 2 is 2.25 bits per heavy atom. The van der Waals surface area contributed by atoms with Crippen molar-refractivity contribution >= 4 is 28.3 Å². The first-order valence-electron chi connectivity index (χ1n) is 6.45. The zero-order valence-electron chi connectivity index (χ0n) is 11.7. The summed E-state index contributed by atoms with van der Waals surface area (Å²) in [5, 5.41) is 13.8. The maximum Gasteiger partial charge on any atom is 0.257 e. The van der Waals surface area contributed by atoms with E-state index in [0.717, 1.165) is 11.5 Å². The number of aromatic nitrogens is 1. The Hall–Kier alpha value is -1.38. The highest BCUT2D eigenvalue weighted by molar-refractivity contribution is 7.11. The second kappa shape index (κ2) is 5.94. The van der Waals surface area contributed by atoms with E-state index in [2.05, 4.69) is 9.69 Å². The van der Waals surface area contributed by atoms with Crippen LogP contribution >= 0.6 is 11.5 Å². The van der Waals surface area contributed by atoms with Crippen LogP contribution in [0.15, 0.2) is 0 Å². The van der Waals surface area contributed by atoms with Crippen LogP contribution < -0.4 is 16.0 Å². The van der Waals surface area contributed by atoms with Crippen LogP contribution in [0.3, 0.4) is 0 Å². The molecule has 0 unspecified atom stereocenters. The normalized spacial score (nSPS) is 17.8. The Bertz CT molecular complexity index is 485. The lowest BCUT2D eigenvalue weighted by molar-refractivity contribution is -0.0572. The third-order valence-corrected chi connectivity index (χ3v) is 4.43. The van der Waals surface area contributed by atoms with Gasteiger partial charge in [-0.25, -0.2) is 0 Å². The maximum absolute atomic E-state index is 11.9. The standard InChI is InChI=1S/C12H20N4O3S/c1-14-10(17)8-9(13)15-20-11(8)16(2)7-12(18)3-5-19-6-4-12/h18H,3-7H2,1-2H3,(H2,13,15)(H,14,17). The van der Waals surface area contributed by atoms with Gasteiger partial charge in [-0.15, -0.1) is 0 Å². The molecule has 0 saturated carbocycles. The van der Waals surface area contributed by atoms with Crippen LogP contribution in [0.2, 0.25) is 0 Å². The fraction of sp³-hybridized carbons (Fsp3) is 0.667. The molecule has 0 spiro atoms. The molecule has 1 aliphatic heterocycles. The van der Waals surface area contributed by atoms with Crippen molar-refractivity contribution in [2.24, 2.45) is 0 Å². The lowest BCUT2D eigenvalue weighted by atomic mass is 9.94. The lowest BCUT2D eigenvalue weighted by Gasteiger charge is -2.35. The molecular formula is C12H20N4O3S. The van der Waals surface area contributed by atoms with Gasteiger partial charge < -0.3 is 25.8 Å². The number of likely N-dealkylation sites (N-methyl/N-ethyl adjacent to an activating group) is 1. The Morgan fingerprint density at radius 3 is 2.85 bits per heavy atom. The quantitative estimate of drug-likeness (QED) is 0.727. The predicted octanol–water partition coefficient (Wildman–Crippen LogP) is 0.0626. The van der Waals surface area contributed by atoms with Gasteiger partial charge in [-0.1, -0.05) is 0 Å². The number of hydrogen-bond donors (Lipinski definition) is 3. The van der Waals surface area contributed by atoms with E-state index in [9.17, 15) is 9.90 Å². The van der Waals surface area contributed by atoms with Gasteiger partial charge in [-0.3, -0.25) is 4.79 Å². The number of carbonyl (C=O) groups excluding carboxylic acids is 1. The van der Waals surface area contributed by atoms with Crippen LogP contribution in [0.25, 0.3) is 0 Å². The molecule has 20 heavy (non-hydrogen) atoms. The highest BCUT2D eigenvalue weighted by Crippen LogP contribution is 2.32.